The number of ether oxygens (including phenoxy) is 1. The molecule has 1 fully saturated rings. The highest BCUT2D eigenvalue weighted by Gasteiger charge is 2.44. The monoisotopic (exact) mass is 247 g/mol. The molecule has 1 N–H and O–H groups in total. The number of likely N-dealkylation sites (N-methyl/N-ethyl adjacent to an activating group) is 1. The van der Waals surface area contributed by atoms with Crippen molar-refractivity contribution in [2.24, 2.45) is 0 Å². The molecule has 0 aromatic heterocycles. The van der Waals surface area contributed by atoms with Crippen molar-refractivity contribution in [3.63, 3.8) is 0 Å². The third-order valence-electron chi connectivity index (χ3n) is 3.27. The molecule has 1 aliphatic rings. The topological polar surface area (TPSA) is 49.8 Å². The zero-order chi connectivity index (χ0) is 12.0. The Morgan fingerprint density at radius 2 is 2.12 bits per heavy atom. The van der Waals surface area contributed by atoms with Crippen molar-refractivity contribution >= 4 is 17.7 Å². The van der Waals surface area contributed by atoms with Crippen molar-refractivity contribution in [1.29, 1.82) is 0 Å². The fraction of sp³-hybridized carbons (Fsp3) is 0.909. The van der Waals surface area contributed by atoms with Gasteiger partial charge in [0, 0.05) is 13.7 Å². The first-order chi connectivity index (χ1) is 7.67. The molecule has 16 heavy (non-hydrogen) atoms. The number of carbonyl (C=O) groups is 1. The van der Waals surface area contributed by atoms with Gasteiger partial charge < -0.3 is 9.84 Å². The molecule has 5 heteroatoms. The molecule has 0 aromatic carbocycles. The lowest BCUT2D eigenvalue weighted by atomic mass is 9.90. The van der Waals surface area contributed by atoms with Crippen LogP contribution in [0.15, 0.2) is 0 Å². The van der Waals surface area contributed by atoms with Crippen LogP contribution in [0.3, 0.4) is 0 Å². The average molecular weight is 247 g/mol. The van der Waals surface area contributed by atoms with E-state index in [0.29, 0.717) is 13.2 Å². The quantitative estimate of drug-likeness (QED) is 0.767. The lowest BCUT2D eigenvalue weighted by Gasteiger charge is -2.42. The van der Waals surface area contributed by atoms with Gasteiger partial charge in [0.15, 0.2) is 0 Å². The minimum absolute atomic E-state index is 0.593. The van der Waals surface area contributed by atoms with E-state index in [-0.39, 0.29) is 0 Å². The predicted molar refractivity (Wildman–Crippen MR) is 66.0 cm³/mol. The second kappa shape index (κ2) is 6.47. The highest BCUT2D eigenvalue weighted by Crippen LogP contribution is 2.32. The van der Waals surface area contributed by atoms with Gasteiger partial charge >= 0.3 is 5.97 Å². The largest absolute Gasteiger partial charge is 0.480 e. The summed E-state index contributed by atoms with van der Waals surface area (Å²) in [5.41, 5.74) is -0.654. The van der Waals surface area contributed by atoms with Crippen LogP contribution >= 0.6 is 11.8 Å². The normalized spacial score (nSPS) is 19.9. The number of aliphatic carboxylic acids is 1. The molecule has 0 spiro atoms. The first-order valence-corrected chi connectivity index (χ1v) is 6.88. The molecule has 0 aliphatic carbocycles. The lowest BCUT2D eigenvalue weighted by molar-refractivity contribution is -0.152. The number of nitrogens with zero attached hydrogens (tertiary/aromatic N) is 1. The molecule has 0 amide bonds. The Labute approximate surface area is 101 Å². The standard InChI is InChI=1S/C11H21NO3S/c1-3-12(6-7-15-2)11(10(13)14)4-8-16-9-5-11/h3-9H2,1-2H3,(H,13,14). The Hall–Kier alpha value is -0.260. The van der Waals surface area contributed by atoms with Crippen LogP contribution in [-0.4, -0.2) is 59.8 Å². The smallest absolute Gasteiger partial charge is 0.324 e. The summed E-state index contributed by atoms with van der Waals surface area (Å²) in [5.74, 6) is 1.21. The van der Waals surface area contributed by atoms with E-state index in [1.54, 1.807) is 7.11 Å². The van der Waals surface area contributed by atoms with Crippen LogP contribution in [0.2, 0.25) is 0 Å². The summed E-state index contributed by atoms with van der Waals surface area (Å²) in [6.07, 6.45) is 1.48. The summed E-state index contributed by atoms with van der Waals surface area (Å²) >= 11 is 1.85. The molecule has 0 bridgehead atoms. The van der Waals surface area contributed by atoms with Gasteiger partial charge in [0.05, 0.1) is 6.61 Å². The summed E-state index contributed by atoms with van der Waals surface area (Å²) in [4.78, 5) is 13.6. The molecule has 94 valence electrons. The van der Waals surface area contributed by atoms with Gasteiger partial charge in [-0.3, -0.25) is 9.69 Å². The molecular formula is C11H21NO3S. The molecular weight excluding hydrogens is 226 g/mol. The van der Waals surface area contributed by atoms with Crippen LogP contribution in [0.25, 0.3) is 0 Å². The molecule has 0 radical (unpaired) electrons. The Balaban J connectivity index is 2.76. The van der Waals surface area contributed by atoms with Gasteiger partial charge in [0.25, 0.3) is 0 Å². The van der Waals surface area contributed by atoms with Crippen molar-refractivity contribution in [2.75, 3.05) is 38.3 Å². The Kier molecular flexibility index (Phi) is 5.58. The van der Waals surface area contributed by atoms with Gasteiger partial charge in [-0.2, -0.15) is 11.8 Å². The number of methoxy groups -OCH3 is 1. The Morgan fingerprint density at radius 3 is 2.56 bits per heavy atom. The van der Waals surface area contributed by atoms with Crippen LogP contribution in [0.5, 0.6) is 0 Å². The first kappa shape index (κ1) is 13.8. The number of hydrogen-bond donors (Lipinski definition) is 1. The van der Waals surface area contributed by atoms with E-state index in [1.807, 2.05) is 18.7 Å². The van der Waals surface area contributed by atoms with Crippen LogP contribution in [-0.2, 0) is 9.53 Å². The molecule has 1 rings (SSSR count). The van der Waals surface area contributed by atoms with Gasteiger partial charge in [0.1, 0.15) is 5.54 Å². The van der Waals surface area contributed by atoms with Crippen LogP contribution in [0.4, 0.5) is 0 Å². The van der Waals surface area contributed by atoms with Crippen molar-refractivity contribution in [3.05, 3.63) is 0 Å². The third kappa shape index (κ3) is 2.90. The van der Waals surface area contributed by atoms with Gasteiger partial charge in [-0.25, -0.2) is 0 Å². The highest BCUT2D eigenvalue weighted by atomic mass is 32.2. The second-order valence-corrected chi connectivity index (χ2v) is 5.25. The maximum atomic E-state index is 11.5. The van der Waals surface area contributed by atoms with E-state index in [4.69, 9.17) is 4.74 Å². The molecule has 0 unspecified atom stereocenters. The fourth-order valence-electron chi connectivity index (χ4n) is 2.25. The van der Waals surface area contributed by atoms with E-state index in [0.717, 1.165) is 30.9 Å². The number of thioether (sulfide) groups is 1. The zero-order valence-electron chi connectivity index (χ0n) is 10.1. The summed E-state index contributed by atoms with van der Waals surface area (Å²) < 4.78 is 5.05. The molecule has 0 atom stereocenters. The number of hydrogen-bond acceptors (Lipinski definition) is 4. The second-order valence-electron chi connectivity index (χ2n) is 4.02. The number of carboxylic acids is 1. The SMILES string of the molecule is CCN(CCOC)C1(C(=O)O)CCSCC1. The summed E-state index contributed by atoms with van der Waals surface area (Å²) in [5, 5.41) is 9.50. The van der Waals surface area contributed by atoms with Crippen molar-refractivity contribution in [3.8, 4) is 0 Å². The van der Waals surface area contributed by atoms with Crippen molar-refractivity contribution in [1.82, 2.24) is 4.90 Å². The number of rotatable bonds is 6. The molecule has 1 aliphatic heterocycles. The maximum absolute atomic E-state index is 11.5. The zero-order valence-corrected chi connectivity index (χ0v) is 10.9. The lowest BCUT2D eigenvalue weighted by Crippen LogP contribution is -2.57. The molecule has 0 saturated carbocycles. The van der Waals surface area contributed by atoms with E-state index in [2.05, 4.69) is 4.90 Å². The van der Waals surface area contributed by atoms with E-state index < -0.39 is 11.5 Å². The summed E-state index contributed by atoms with van der Waals surface area (Å²) in [6, 6.07) is 0. The maximum Gasteiger partial charge on any atom is 0.324 e. The van der Waals surface area contributed by atoms with Gasteiger partial charge in [-0.1, -0.05) is 6.92 Å². The molecule has 4 nitrogen and oxygen atoms in total. The summed E-state index contributed by atoms with van der Waals surface area (Å²) in [7, 11) is 1.65. The van der Waals surface area contributed by atoms with E-state index in [9.17, 15) is 9.90 Å². The van der Waals surface area contributed by atoms with E-state index in [1.165, 1.54) is 0 Å². The third-order valence-corrected chi connectivity index (χ3v) is 4.26. The van der Waals surface area contributed by atoms with E-state index >= 15 is 0 Å². The molecule has 1 saturated heterocycles. The van der Waals surface area contributed by atoms with Gasteiger partial charge in [-0.15, -0.1) is 0 Å². The fourth-order valence-corrected chi connectivity index (χ4v) is 3.42. The average Bonchev–Trinajstić information content (AvgIpc) is 2.31. The van der Waals surface area contributed by atoms with Gasteiger partial charge in [0.2, 0.25) is 0 Å². The first-order valence-electron chi connectivity index (χ1n) is 5.72. The van der Waals surface area contributed by atoms with Crippen LogP contribution in [0, 0.1) is 0 Å². The number of carboxylic acid groups (broad SMARTS) is 1. The molecule has 1 heterocycles. The van der Waals surface area contributed by atoms with Crippen molar-refractivity contribution < 1.29 is 14.6 Å². The van der Waals surface area contributed by atoms with Crippen LogP contribution < -0.4 is 0 Å². The van der Waals surface area contributed by atoms with Gasteiger partial charge in [-0.05, 0) is 30.9 Å². The Morgan fingerprint density at radius 1 is 1.50 bits per heavy atom. The van der Waals surface area contributed by atoms with Crippen molar-refractivity contribution in [2.45, 2.75) is 25.3 Å². The Bertz CT molecular complexity index is 229. The minimum Gasteiger partial charge on any atom is -0.480 e. The minimum atomic E-state index is -0.675. The summed E-state index contributed by atoms with van der Waals surface area (Å²) in [6.45, 7) is 4.07. The van der Waals surface area contributed by atoms with Crippen LogP contribution in [0.1, 0.15) is 19.8 Å². The molecule has 0 aromatic rings. The highest BCUT2D eigenvalue weighted by molar-refractivity contribution is 7.99. The predicted octanol–water partition coefficient (Wildman–Crippen LogP) is 1.31.